The quantitative estimate of drug-likeness (QED) is 0.841. The molecule has 2 saturated heterocycles. The van der Waals surface area contributed by atoms with Gasteiger partial charge in [0.1, 0.15) is 0 Å². The van der Waals surface area contributed by atoms with Gasteiger partial charge in [0, 0.05) is 50.7 Å². The number of piperazine rings is 1. The Kier molecular flexibility index (Phi) is 4.70. The van der Waals surface area contributed by atoms with Crippen molar-refractivity contribution in [2.45, 2.75) is 19.4 Å². The summed E-state index contributed by atoms with van der Waals surface area (Å²) in [6.07, 6.45) is 2.36. The van der Waals surface area contributed by atoms with E-state index in [1.54, 1.807) is 0 Å². The second-order valence-electron chi connectivity index (χ2n) is 5.72. The van der Waals surface area contributed by atoms with Crippen LogP contribution < -0.4 is 0 Å². The van der Waals surface area contributed by atoms with Crippen molar-refractivity contribution in [3.05, 3.63) is 22.4 Å². The van der Waals surface area contributed by atoms with E-state index in [0.717, 1.165) is 45.8 Å². The Morgan fingerprint density at radius 1 is 1.05 bits per heavy atom. The summed E-state index contributed by atoms with van der Waals surface area (Å²) < 4.78 is 0. The van der Waals surface area contributed by atoms with Gasteiger partial charge in [0.2, 0.25) is 5.91 Å². The fourth-order valence-corrected chi connectivity index (χ4v) is 3.73. The molecule has 0 aliphatic carbocycles. The van der Waals surface area contributed by atoms with Crippen LogP contribution in [0.3, 0.4) is 0 Å². The molecule has 0 radical (unpaired) electrons. The summed E-state index contributed by atoms with van der Waals surface area (Å²) in [5.74, 6) is 0.328. The standard InChI is InChI=1S/C15H23N3OS/c19-15(18-5-1-2-6-18)13-17-9-7-16(8-10-17)12-14-4-3-11-20-14/h3-4,11H,1-2,5-10,12-13H2. The molecule has 4 nitrogen and oxygen atoms in total. The van der Waals surface area contributed by atoms with E-state index in [9.17, 15) is 4.79 Å². The van der Waals surface area contributed by atoms with Crippen LogP contribution in [0.4, 0.5) is 0 Å². The molecule has 0 aromatic carbocycles. The Hall–Kier alpha value is -0.910. The molecule has 0 N–H and O–H groups in total. The molecule has 3 heterocycles. The van der Waals surface area contributed by atoms with E-state index in [1.807, 2.05) is 16.2 Å². The number of nitrogens with zero attached hydrogens (tertiary/aromatic N) is 3. The van der Waals surface area contributed by atoms with Crippen LogP contribution in [-0.4, -0.2) is 66.4 Å². The summed E-state index contributed by atoms with van der Waals surface area (Å²) >= 11 is 1.83. The molecule has 1 aromatic rings. The number of amides is 1. The SMILES string of the molecule is O=C(CN1CCN(Cc2cccs2)CC1)N1CCCC1. The molecule has 0 bridgehead atoms. The number of carbonyl (C=O) groups excluding carboxylic acids is 1. The molecule has 0 atom stereocenters. The average Bonchev–Trinajstić information content (AvgIpc) is 3.13. The van der Waals surface area contributed by atoms with Gasteiger partial charge in [-0.1, -0.05) is 6.07 Å². The fourth-order valence-electron chi connectivity index (χ4n) is 2.99. The van der Waals surface area contributed by atoms with Crippen LogP contribution in [-0.2, 0) is 11.3 Å². The largest absolute Gasteiger partial charge is 0.342 e. The fraction of sp³-hybridized carbons (Fsp3) is 0.667. The van der Waals surface area contributed by atoms with Crippen molar-refractivity contribution in [3.63, 3.8) is 0 Å². The van der Waals surface area contributed by atoms with E-state index in [1.165, 1.54) is 17.7 Å². The van der Waals surface area contributed by atoms with Gasteiger partial charge in [-0.15, -0.1) is 11.3 Å². The number of carbonyl (C=O) groups is 1. The highest BCUT2D eigenvalue weighted by Gasteiger charge is 2.23. The Labute approximate surface area is 125 Å². The third-order valence-electron chi connectivity index (χ3n) is 4.24. The number of thiophene rings is 1. The summed E-state index contributed by atoms with van der Waals surface area (Å²) in [6.45, 7) is 7.80. The first-order valence-corrected chi connectivity index (χ1v) is 8.44. The van der Waals surface area contributed by atoms with Crippen molar-refractivity contribution in [2.24, 2.45) is 0 Å². The molecule has 1 aromatic heterocycles. The predicted octanol–water partition coefficient (Wildman–Crippen LogP) is 1.49. The number of likely N-dealkylation sites (tertiary alicyclic amines) is 1. The van der Waals surface area contributed by atoms with Gasteiger partial charge < -0.3 is 4.90 Å². The second-order valence-corrected chi connectivity index (χ2v) is 6.75. The zero-order chi connectivity index (χ0) is 13.8. The van der Waals surface area contributed by atoms with E-state index in [2.05, 4.69) is 27.3 Å². The van der Waals surface area contributed by atoms with E-state index in [-0.39, 0.29) is 0 Å². The van der Waals surface area contributed by atoms with Gasteiger partial charge in [0.15, 0.2) is 0 Å². The molecule has 2 aliphatic rings. The minimum atomic E-state index is 0.328. The maximum atomic E-state index is 12.1. The first-order chi connectivity index (χ1) is 9.81. The van der Waals surface area contributed by atoms with Gasteiger partial charge in [0.25, 0.3) is 0 Å². The Morgan fingerprint density at radius 2 is 1.75 bits per heavy atom. The van der Waals surface area contributed by atoms with E-state index < -0.39 is 0 Å². The van der Waals surface area contributed by atoms with Crippen LogP contribution in [0, 0.1) is 0 Å². The molecule has 0 unspecified atom stereocenters. The summed E-state index contributed by atoms with van der Waals surface area (Å²) in [4.78, 5) is 20.4. The molecule has 1 amide bonds. The summed E-state index contributed by atoms with van der Waals surface area (Å²) in [5, 5.41) is 2.14. The smallest absolute Gasteiger partial charge is 0.236 e. The lowest BCUT2D eigenvalue weighted by Crippen LogP contribution is -2.49. The highest BCUT2D eigenvalue weighted by molar-refractivity contribution is 7.09. The number of rotatable bonds is 4. The highest BCUT2D eigenvalue weighted by atomic mass is 32.1. The van der Waals surface area contributed by atoms with E-state index in [4.69, 9.17) is 0 Å². The third kappa shape index (κ3) is 3.59. The van der Waals surface area contributed by atoms with Gasteiger partial charge in [-0.25, -0.2) is 0 Å². The van der Waals surface area contributed by atoms with Crippen molar-refractivity contribution in [3.8, 4) is 0 Å². The molecular formula is C15H23N3OS. The zero-order valence-corrected chi connectivity index (χ0v) is 12.8. The lowest BCUT2D eigenvalue weighted by molar-refractivity contribution is -0.131. The summed E-state index contributed by atoms with van der Waals surface area (Å²) in [6, 6.07) is 4.32. The van der Waals surface area contributed by atoms with Crippen LogP contribution in [0.2, 0.25) is 0 Å². The monoisotopic (exact) mass is 293 g/mol. The molecule has 3 rings (SSSR count). The van der Waals surface area contributed by atoms with Crippen LogP contribution >= 0.6 is 11.3 Å². The predicted molar refractivity (Wildman–Crippen MR) is 81.9 cm³/mol. The molecule has 0 saturated carbocycles. The van der Waals surface area contributed by atoms with Gasteiger partial charge in [-0.2, -0.15) is 0 Å². The van der Waals surface area contributed by atoms with Crippen molar-refractivity contribution in [2.75, 3.05) is 45.8 Å². The minimum Gasteiger partial charge on any atom is -0.342 e. The number of hydrogen-bond acceptors (Lipinski definition) is 4. The first-order valence-electron chi connectivity index (χ1n) is 7.56. The summed E-state index contributed by atoms with van der Waals surface area (Å²) in [5.41, 5.74) is 0. The minimum absolute atomic E-state index is 0.328. The maximum absolute atomic E-state index is 12.1. The molecule has 110 valence electrons. The van der Waals surface area contributed by atoms with Gasteiger partial charge in [-0.05, 0) is 24.3 Å². The highest BCUT2D eigenvalue weighted by Crippen LogP contribution is 2.14. The van der Waals surface area contributed by atoms with Gasteiger partial charge >= 0.3 is 0 Å². The maximum Gasteiger partial charge on any atom is 0.236 e. The van der Waals surface area contributed by atoms with Crippen molar-refractivity contribution in [1.29, 1.82) is 0 Å². The molecule has 5 heteroatoms. The first kappa shape index (κ1) is 14.0. The Balaban J connectivity index is 1.40. The average molecular weight is 293 g/mol. The lowest BCUT2D eigenvalue weighted by atomic mass is 10.3. The molecule has 2 aliphatic heterocycles. The molecular weight excluding hydrogens is 270 g/mol. The Morgan fingerprint density at radius 3 is 2.40 bits per heavy atom. The summed E-state index contributed by atoms with van der Waals surface area (Å²) in [7, 11) is 0. The van der Waals surface area contributed by atoms with Gasteiger partial charge in [-0.3, -0.25) is 14.6 Å². The van der Waals surface area contributed by atoms with Crippen molar-refractivity contribution in [1.82, 2.24) is 14.7 Å². The number of hydrogen-bond donors (Lipinski definition) is 0. The van der Waals surface area contributed by atoms with Crippen molar-refractivity contribution < 1.29 is 4.79 Å². The van der Waals surface area contributed by atoms with E-state index in [0.29, 0.717) is 12.5 Å². The molecule has 2 fully saturated rings. The zero-order valence-electron chi connectivity index (χ0n) is 12.0. The van der Waals surface area contributed by atoms with Crippen LogP contribution in [0.5, 0.6) is 0 Å². The topological polar surface area (TPSA) is 26.8 Å². The lowest BCUT2D eigenvalue weighted by Gasteiger charge is -2.34. The molecule has 20 heavy (non-hydrogen) atoms. The third-order valence-corrected chi connectivity index (χ3v) is 5.10. The van der Waals surface area contributed by atoms with Crippen LogP contribution in [0.1, 0.15) is 17.7 Å². The van der Waals surface area contributed by atoms with Crippen molar-refractivity contribution >= 4 is 17.2 Å². The molecule has 0 spiro atoms. The van der Waals surface area contributed by atoms with Gasteiger partial charge in [0.05, 0.1) is 6.54 Å². The second kappa shape index (κ2) is 6.70. The van der Waals surface area contributed by atoms with Crippen LogP contribution in [0.15, 0.2) is 17.5 Å². The van der Waals surface area contributed by atoms with E-state index >= 15 is 0 Å². The Bertz CT molecular complexity index is 420. The van der Waals surface area contributed by atoms with Crippen LogP contribution in [0.25, 0.3) is 0 Å². The normalized spacial score (nSPS) is 21.5.